The number of nitrogens with one attached hydrogen (secondary N) is 1. The molecule has 1 aromatic heterocycles. The number of hydrogen-bond donors (Lipinski definition) is 1. The van der Waals surface area contributed by atoms with Gasteiger partial charge in [-0.05, 0) is 24.1 Å². The van der Waals surface area contributed by atoms with E-state index in [0.29, 0.717) is 17.7 Å². The monoisotopic (exact) mass is 379 g/mol. The summed E-state index contributed by atoms with van der Waals surface area (Å²) in [6, 6.07) is 14.5. The van der Waals surface area contributed by atoms with Crippen LogP contribution in [0, 0.1) is 5.82 Å². The van der Waals surface area contributed by atoms with Crippen molar-refractivity contribution in [1.82, 2.24) is 15.2 Å². The van der Waals surface area contributed by atoms with Crippen LogP contribution in [0.1, 0.15) is 24.8 Å². The Morgan fingerprint density at radius 3 is 2.50 bits per heavy atom. The lowest BCUT2D eigenvalue weighted by molar-refractivity contribution is -0.132. The van der Waals surface area contributed by atoms with E-state index in [2.05, 4.69) is 10.3 Å². The summed E-state index contributed by atoms with van der Waals surface area (Å²) in [6.07, 6.45) is 1.90. The minimum Gasteiger partial charge on any atom is -0.439 e. The van der Waals surface area contributed by atoms with Gasteiger partial charge in [-0.1, -0.05) is 49.4 Å². The van der Waals surface area contributed by atoms with Gasteiger partial charge in [0.05, 0.1) is 6.20 Å². The fourth-order valence-electron chi connectivity index (χ4n) is 3.40. The Morgan fingerprint density at radius 2 is 1.82 bits per heavy atom. The van der Waals surface area contributed by atoms with Gasteiger partial charge in [0.1, 0.15) is 17.9 Å². The van der Waals surface area contributed by atoms with Crippen LogP contribution >= 0.6 is 0 Å². The van der Waals surface area contributed by atoms with Crippen molar-refractivity contribution >= 4 is 11.9 Å². The number of rotatable bonds is 5. The average Bonchev–Trinajstić information content (AvgIpc) is 3.28. The van der Waals surface area contributed by atoms with Crippen molar-refractivity contribution in [3.63, 3.8) is 0 Å². The van der Waals surface area contributed by atoms with Gasteiger partial charge in [0, 0.05) is 5.56 Å². The van der Waals surface area contributed by atoms with Crippen molar-refractivity contribution in [3.05, 3.63) is 78.1 Å². The predicted molar refractivity (Wildman–Crippen MR) is 99.4 cm³/mol. The van der Waals surface area contributed by atoms with Gasteiger partial charge < -0.3 is 9.73 Å². The Labute approximate surface area is 161 Å². The zero-order valence-corrected chi connectivity index (χ0v) is 15.2. The predicted octanol–water partition coefficient (Wildman–Crippen LogP) is 3.84. The summed E-state index contributed by atoms with van der Waals surface area (Å²) >= 11 is 0. The molecule has 28 heavy (non-hydrogen) atoms. The van der Waals surface area contributed by atoms with E-state index in [1.54, 1.807) is 13.1 Å². The summed E-state index contributed by atoms with van der Waals surface area (Å²) in [5.74, 6) is -0.000710. The molecule has 7 heteroatoms. The molecule has 0 saturated carbocycles. The van der Waals surface area contributed by atoms with Gasteiger partial charge in [-0.15, -0.1) is 0 Å². The van der Waals surface area contributed by atoms with E-state index in [9.17, 15) is 14.0 Å². The summed E-state index contributed by atoms with van der Waals surface area (Å²) in [6.45, 7) is 1.71. The largest absolute Gasteiger partial charge is 0.439 e. The highest BCUT2D eigenvalue weighted by atomic mass is 19.1. The average molecular weight is 379 g/mol. The van der Waals surface area contributed by atoms with Crippen LogP contribution in [-0.2, 0) is 16.9 Å². The Balaban J connectivity index is 1.59. The van der Waals surface area contributed by atoms with Crippen LogP contribution in [-0.4, -0.2) is 21.8 Å². The third-order valence-electron chi connectivity index (χ3n) is 4.95. The van der Waals surface area contributed by atoms with Crippen molar-refractivity contribution < 1.29 is 18.4 Å². The van der Waals surface area contributed by atoms with Crippen molar-refractivity contribution in [1.29, 1.82) is 0 Å². The molecule has 2 heterocycles. The van der Waals surface area contributed by atoms with Crippen LogP contribution in [0.25, 0.3) is 11.3 Å². The molecule has 1 N–H and O–H groups in total. The number of benzene rings is 2. The maximum atomic E-state index is 13.3. The zero-order chi connectivity index (χ0) is 19.7. The van der Waals surface area contributed by atoms with Gasteiger partial charge in [0.15, 0.2) is 5.76 Å². The number of amides is 3. The second-order valence-corrected chi connectivity index (χ2v) is 6.57. The van der Waals surface area contributed by atoms with Crippen LogP contribution in [0.5, 0.6) is 0 Å². The maximum absolute atomic E-state index is 13.3. The first kappa shape index (κ1) is 17.9. The van der Waals surface area contributed by atoms with Gasteiger partial charge >= 0.3 is 6.03 Å². The SMILES string of the molecule is CC[C@]1(c2ccc(F)cc2)NC(=O)N(Cc2ncc(-c3ccccc3)o2)C1=O. The van der Waals surface area contributed by atoms with Crippen LogP contribution in [0.4, 0.5) is 9.18 Å². The Hall–Kier alpha value is -3.48. The summed E-state index contributed by atoms with van der Waals surface area (Å²) < 4.78 is 19.0. The van der Waals surface area contributed by atoms with Crippen LogP contribution in [0.3, 0.4) is 0 Å². The van der Waals surface area contributed by atoms with Crippen LogP contribution < -0.4 is 5.32 Å². The van der Waals surface area contributed by atoms with Crippen molar-refractivity contribution in [2.45, 2.75) is 25.4 Å². The molecule has 4 rings (SSSR count). The highest BCUT2D eigenvalue weighted by Crippen LogP contribution is 2.33. The van der Waals surface area contributed by atoms with E-state index in [-0.39, 0.29) is 12.4 Å². The molecule has 3 amide bonds. The van der Waals surface area contributed by atoms with E-state index in [1.807, 2.05) is 30.3 Å². The minimum atomic E-state index is -1.22. The molecule has 0 unspecified atom stereocenters. The van der Waals surface area contributed by atoms with Gasteiger partial charge in [-0.2, -0.15) is 0 Å². The lowest BCUT2D eigenvalue weighted by atomic mass is 9.87. The van der Waals surface area contributed by atoms with E-state index >= 15 is 0 Å². The minimum absolute atomic E-state index is 0.0829. The van der Waals surface area contributed by atoms with Crippen molar-refractivity contribution in [2.24, 2.45) is 0 Å². The molecule has 0 spiro atoms. The molecule has 0 bridgehead atoms. The van der Waals surface area contributed by atoms with Crippen molar-refractivity contribution in [3.8, 4) is 11.3 Å². The first-order valence-corrected chi connectivity index (χ1v) is 8.94. The zero-order valence-electron chi connectivity index (χ0n) is 15.2. The Morgan fingerprint density at radius 1 is 1.11 bits per heavy atom. The normalized spacial score (nSPS) is 19.1. The van der Waals surface area contributed by atoms with E-state index < -0.39 is 23.3 Å². The van der Waals surface area contributed by atoms with E-state index in [1.165, 1.54) is 24.3 Å². The van der Waals surface area contributed by atoms with Crippen LogP contribution in [0.2, 0.25) is 0 Å². The molecular formula is C21H18FN3O3. The first-order chi connectivity index (χ1) is 13.5. The second-order valence-electron chi connectivity index (χ2n) is 6.57. The standard InChI is InChI=1S/C21H18FN3O3/c1-2-21(15-8-10-16(22)11-9-15)19(26)25(20(27)24-21)13-18-23-12-17(28-18)14-6-4-3-5-7-14/h3-12H,2,13H2,1H3,(H,24,27)/t21-/m1/s1. The van der Waals surface area contributed by atoms with Gasteiger partial charge in [-0.25, -0.2) is 14.2 Å². The molecule has 1 fully saturated rings. The maximum Gasteiger partial charge on any atom is 0.325 e. The summed E-state index contributed by atoms with van der Waals surface area (Å²) in [5, 5.41) is 2.76. The Kier molecular flexibility index (Phi) is 4.43. The van der Waals surface area contributed by atoms with E-state index in [0.717, 1.165) is 10.5 Å². The van der Waals surface area contributed by atoms with Gasteiger partial charge in [0.2, 0.25) is 5.89 Å². The third kappa shape index (κ3) is 2.94. The lowest BCUT2D eigenvalue weighted by Gasteiger charge is -2.25. The number of halogens is 1. The summed E-state index contributed by atoms with van der Waals surface area (Å²) in [7, 11) is 0. The number of carbonyl (C=O) groups is 2. The molecule has 1 atom stereocenters. The summed E-state index contributed by atoms with van der Waals surface area (Å²) in [4.78, 5) is 30.9. The first-order valence-electron chi connectivity index (χ1n) is 8.94. The molecular weight excluding hydrogens is 361 g/mol. The van der Waals surface area contributed by atoms with Crippen molar-refractivity contribution in [2.75, 3.05) is 0 Å². The highest BCUT2D eigenvalue weighted by Gasteiger charge is 2.51. The quantitative estimate of drug-likeness (QED) is 0.684. The molecule has 1 saturated heterocycles. The number of urea groups is 1. The fraction of sp³-hybridized carbons (Fsp3) is 0.190. The number of hydrogen-bond acceptors (Lipinski definition) is 4. The number of imide groups is 1. The lowest BCUT2D eigenvalue weighted by Crippen LogP contribution is -2.43. The highest BCUT2D eigenvalue weighted by molar-refractivity contribution is 6.07. The molecule has 0 radical (unpaired) electrons. The second kappa shape index (κ2) is 6.92. The fourth-order valence-corrected chi connectivity index (χ4v) is 3.40. The number of nitrogens with zero attached hydrogens (tertiary/aromatic N) is 2. The smallest absolute Gasteiger partial charge is 0.325 e. The topological polar surface area (TPSA) is 75.4 Å². The molecule has 3 aromatic rings. The number of oxazole rings is 1. The Bertz CT molecular complexity index is 1020. The molecule has 1 aliphatic rings. The number of carbonyl (C=O) groups excluding carboxylic acids is 2. The van der Waals surface area contributed by atoms with Gasteiger partial charge in [-0.3, -0.25) is 9.69 Å². The third-order valence-corrected chi connectivity index (χ3v) is 4.95. The number of aromatic nitrogens is 1. The molecule has 1 aliphatic heterocycles. The molecule has 6 nitrogen and oxygen atoms in total. The van der Waals surface area contributed by atoms with E-state index in [4.69, 9.17) is 4.42 Å². The van der Waals surface area contributed by atoms with Gasteiger partial charge in [0.25, 0.3) is 5.91 Å². The molecule has 142 valence electrons. The van der Waals surface area contributed by atoms with Crippen LogP contribution in [0.15, 0.2) is 65.2 Å². The molecule has 2 aromatic carbocycles. The summed E-state index contributed by atoms with van der Waals surface area (Å²) in [5.41, 5.74) is 0.168. The molecule has 0 aliphatic carbocycles.